The van der Waals surface area contributed by atoms with E-state index in [9.17, 15) is 0 Å². The molecule has 0 unspecified atom stereocenters. The number of halogens is 1. The number of hydrogen-bond donors (Lipinski definition) is 0. The summed E-state index contributed by atoms with van der Waals surface area (Å²) in [4.78, 5) is 13.8. The predicted octanol–water partition coefficient (Wildman–Crippen LogP) is 8.35. The van der Waals surface area contributed by atoms with Crippen molar-refractivity contribution >= 4 is 22.4 Å². The maximum Gasteiger partial charge on any atom is 0.226 e. The monoisotopic (exact) mass is 469 g/mol. The van der Waals surface area contributed by atoms with Gasteiger partial charge in [-0.15, -0.1) is 0 Å². The molecule has 35 heavy (non-hydrogen) atoms. The molecule has 0 atom stereocenters. The minimum atomic E-state index is 0.171. The molecule has 3 nitrogen and oxygen atoms in total. The first-order valence-corrected chi connectivity index (χ1v) is 11.8. The van der Waals surface area contributed by atoms with Gasteiger partial charge in [-0.25, -0.2) is 4.98 Å². The highest BCUT2D eigenvalue weighted by Crippen LogP contribution is 2.35. The van der Waals surface area contributed by atoms with E-state index in [4.69, 9.17) is 16.6 Å². The molecule has 0 fully saturated rings. The van der Waals surface area contributed by atoms with Gasteiger partial charge in [0, 0.05) is 11.1 Å². The standard InChI is InChI=1S/C31H20ClN3/c32-31-34-29(24-19-17-22(18-20-24)21-9-2-1-3-10-21)33-30(35-31)28-15-7-6-14-27(28)26-16-8-12-23-11-4-5-13-25(23)26/h1-20H. The van der Waals surface area contributed by atoms with Crippen LogP contribution in [0.4, 0.5) is 0 Å². The van der Waals surface area contributed by atoms with Crippen molar-refractivity contribution in [2.24, 2.45) is 0 Å². The fraction of sp³-hybridized carbons (Fsp3) is 0. The van der Waals surface area contributed by atoms with Crippen LogP contribution in [0.2, 0.25) is 5.28 Å². The minimum absolute atomic E-state index is 0.171. The summed E-state index contributed by atoms with van der Waals surface area (Å²) in [6.45, 7) is 0. The molecule has 0 bridgehead atoms. The molecule has 6 rings (SSSR count). The summed E-state index contributed by atoms with van der Waals surface area (Å²) >= 11 is 6.41. The van der Waals surface area contributed by atoms with Gasteiger partial charge in [0.05, 0.1) is 0 Å². The molecule has 0 aliphatic heterocycles. The van der Waals surface area contributed by atoms with Gasteiger partial charge < -0.3 is 0 Å². The predicted molar refractivity (Wildman–Crippen MR) is 144 cm³/mol. The quantitative estimate of drug-likeness (QED) is 0.260. The fourth-order valence-corrected chi connectivity index (χ4v) is 4.58. The molecule has 0 N–H and O–H groups in total. The lowest BCUT2D eigenvalue weighted by Gasteiger charge is -2.12. The Kier molecular flexibility index (Phi) is 5.53. The molecule has 1 aromatic heterocycles. The lowest BCUT2D eigenvalue weighted by atomic mass is 9.94. The summed E-state index contributed by atoms with van der Waals surface area (Å²) in [5.74, 6) is 1.10. The topological polar surface area (TPSA) is 38.7 Å². The van der Waals surface area contributed by atoms with E-state index in [1.165, 1.54) is 10.8 Å². The van der Waals surface area contributed by atoms with Crippen molar-refractivity contribution in [3.63, 3.8) is 0 Å². The molecular formula is C31H20ClN3. The normalized spacial score (nSPS) is 11.0. The molecule has 0 aliphatic rings. The summed E-state index contributed by atoms with van der Waals surface area (Å²) in [6.07, 6.45) is 0. The average molecular weight is 470 g/mol. The van der Waals surface area contributed by atoms with Crippen molar-refractivity contribution < 1.29 is 0 Å². The summed E-state index contributed by atoms with van der Waals surface area (Å²) < 4.78 is 0. The lowest BCUT2D eigenvalue weighted by molar-refractivity contribution is 1.07. The zero-order valence-corrected chi connectivity index (χ0v) is 19.5. The number of fused-ring (bicyclic) bond motifs is 1. The Morgan fingerprint density at radius 1 is 0.400 bits per heavy atom. The Morgan fingerprint density at radius 3 is 1.80 bits per heavy atom. The first kappa shape index (κ1) is 21.2. The zero-order valence-electron chi connectivity index (χ0n) is 18.8. The Morgan fingerprint density at radius 2 is 0.971 bits per heavy atom. The molecule has 0 radical (unpaired) electrons. The molecule has 4 heteroatoms. The van der Waals surface area contributed by atoms with Crippen molar-refractivity contribution in [3.8, 4) is 45.0 Å². The Bertz CT molecular complexity index is 1640. The van der Waals surface area contributed by atoms with Crippen molar-refractivity contribution in [2.75, 3.05) is 0 Å². The second-order valence-corrected chi connectivity index (χ2v) is 8.61. The van der Waals surface area contributed by atoms with Gasteiger partial charge in [-0.3, -0.25) is 0 Å². The molecule has 0 saturated carbocycles. The highest BCUT2D eigenvalue weighted by molar-refractivity contribution is 6.28. The SMILES string of the molecule is Clc1nc(-c2ccc(-c3ccccc3)cc2)nc(-c2ccccc2-c2cccc3ccccc23)n1. The number of benzene rings is 5. The summed E-state index contributed by atoms with van der Waals surface area (Å²) in [7, 11) is 0. The van der Waals surface area contributed by atoms with Crippen LogP contribution in [-0.2, 0) is 0 Å². The van der Waals surface area contributed by atoms with E-state index < -0.39 is 0 Å². The highest BCUT2D eigenvalue weighted by atomic mass is 35.5. The average Bonchev–Trinajstić information content (AvgIpc) is 2.93. The first-order chi connectivity index (χ1) is 17.3. The molecule has 0 amide bonds. The maximum absolute atomic E-state index is 6.41. The van der Waals surface area contributed by atoms with Gasteiger partial charge in [0.15, 0.2) is 11.6 Å². The third-order valence-corrected chi connectivity index (χ3v) is 6.28. The number of aromatic nitrogens is 3. The van der Waals surface area contributed by atoms with Crippen molar-refractivity contribution in [1.29, 1.82) is 0 Å². The van der Waals surface area contributed by atoms with Crippen LogP contribution in [-0.4, -0.2) is 15.0 Å². The van der Waals surface area contributed by atoms with Gasteiger partial charge in [-0.1, -0.05) is 121 Å². The van der Waals surface area contributed by atoms with E-state index in [2.05, 4.69) is 82.8 Å². The van der Waals surface area contributed by atoms with E-state index in [1.807, 2.05) is 48.5 Å². The van der Waals surface area contributed by atoms with Crippen molar-refractivity contribution in [2.45, 2.75) is 0 Å². The fourth-order valence-electron chi connectivity index (χ4n) is 4.42. The number of rotatable bonds is 4. The third-order valence-electron chi connectivity index (χ3n) is 6.11. The van der Waals surface area contributed by atoms with E-state index >= 15 is 0 Å². The van der Waals surface area contributed by atoms with E-state index in [0.717, 1.165) is 33.4 Å². The van der Waals surface area contributed by atoms with Gasteiger partial charge >= 0.3 is 0 Å². The molecule has 1 heterocycles. The second kappa shape index (κ2) is 9.13. The van der Waals surface area contributed by atoms with Gasteiger partial charge in [-0.2, -0.15) is 9.97 Å². The van der Waals surface area contributed by atoms with Crippen LogP contribution in [0, 0.1) is 0 Å². The molecule has 166 valence electrons. The zero-order chi connectivity index (χ0) is 23.6. The molecule has 0 saturated heterocycles. The largest absolute Gasteiger partial charge is 0.226 e. The Balaban J connectivity index is 1.45. The van der Waals surface area contributed by atoms with Crippen LogP contribution in [0.3, 0.4) is 0 Å². The maximum atomic E-state index is 6.41. The van der Waals surface area contributed by atoms with Gasteiger partial charge in [-0.05, 0) is 44.6 Å². The van der Waals surface area contributed by atoms with Crippen LogP contribution in [0.15, 0.2) is 121 Å². The number of nitrogens with zero attached hydrogens (tertiary/aromatic N) is 3. The summed E-state index contributed by atoms with van der Waals surface area (Å²) in [5.41, 5.74) is 6.28. The Labute approximate surface area is 208 Å². The summed E-state index contributed by atoms with van der Waals surface area (Å²) in [6, 6.07) is 41.3. The van der Waals surface area contributed by atoms with Crippen LogP contribution in [0.25, 0.3) is 55.8 Å². The van der Waals surface area contributed by atoms with Crippen LogP contribution < -0.4 is 0 Å². The third kappa shape index (κ3) is 4.18. The molecule has 5 aromatic carbocycles. The lowest BCUT2D eigenvalue weighted by Crippen LogP contribution is -1.98. The summed E-state index contributed by atoms with van der Waals surface area (Å²) in [5, 5.41) is 2.54. The second-order valence-electron chi connectivity index (χ2n) is 8.27. The van der Waals surface area contributed by atoms with Gasteiger partial charge in [0.2, 0.25) is 5.28 Å². The first-order valence-electron chi connectivity index (χ1n) is 11.4. The Hall–Kier alpha value is -4.34. The molecular weight excluding hydrogens is 450 g/mol. The molecule has 0 aliphatic carbocycles. The van der Waals surface area contributed by atoms with Crippen molar-refractivity contribution in [1.82, 2.24) is 15.0 Å². The smallest absolute Gasteiger partial charge is 0.208 e. The van der Waals surface area contributed by atoms with Crippen LogP contribution in [0.1, 0.15) is 0 Å². The van der Waals surface area contributed by atoms with Crippen LogP contribution >= 0.6 is 11.6 Å². The van der Waals surface area contributed by atoms with Gasteiger partial charge in [0.1, 0.15) is 0 Å². The van der Waals surface area contributed by atoms with Crippen molar-refractivity contribution in [3.05, 3.63) is 127 Å². The number of hydrogen-bond acceptors (Lipinski definition) is 3. The van der Waals surface area contributed by atoms with E-state index in [1.54, 1.807) is 0 Å². The molecule has 6 aromatic rings. The highest BCUT2D eigenvalue weighted by Gasteiger charge is 2.15. The minimum Gasteiger partial charge on any atom is -0.208 e. The van der Waals surface area contributed by atoms with Crippen LogP contribution in [0.5, 0.6) is 0 Å². The van der Waals surface area contributed by atoms with Gasteiger partial charge in [0.25, 0.3) is 0 Å². The van der Waals surface area contributed by atoms with E-state index in [0.29, 0.717) is 11.6 Å². The van der Waals surface area contributed by atoms with E-state index in [-0.39, 0.29) is 5.28 Å². The molecule has 0 spiro atoms.